The Bertz CT molecular complexity index is 1270. The van der Waals surface area contributed by atoms with Crippen LogP contribution < -0.4 is 14.8 Å². The Morgan fingerprint density at radius 3 is 2.69 bits per heavy atom. The van der Waals surface area contributed by atoms with E-state index < -0.39 is 0 Å². The quantitative estimate of drug-likeness (QED) is 0.434. The maximum absolute atomic E-state index is 12.6. The number of ether oxygens (including phenoxy) is 2. The van der Waals surface area contributed by atoms with Crippen LogP contribution in [-0.4, -0.2) is 33.2 Å². The first-order chi connectivity index (χ1) is 15.7. The normalized spacial score (nSPS) is 12.0. The standard InChI is InChI=1S/C24H20N4O3S/c1-16-6-5-7-17(12-16)23-26-27-24(28(23)19-8-3-2-4-9-19)32-14-22(29)25-18-10-11-20-21(13-18)31-15-30-20/h2-13H,14-15H2,1H3,(H,25,29). The molecule has 0 atom stereocenters. The molecule has 7 nitrogen and oxygen atoms in total. The average Bonchev–Trinajstić information content (AvgIpc) is 3.45. The number of hydrogen-bond donors (Lipinski definition) is 1. The summed E-state index contributed by atoms with van der Waals surface area (Å²) >= 11 is 1.34. The highest BCUT2D eigenvalue weighted by Crippen LogP contribution is 2.34. The first-order valence-electron chi connectivity index (χ1n) is 10.1. The molecule has 0 unspecified atom stereocenters. The Morgan fingerprint density at radius 1 is 1.00 bits per heavy atom. The van der Waals surface area contributed by atoms with Crippen LogP contribution in [0.5, 0.6) is 11.5 Å². The number of amides is 1. The lowest BCUT2D eigenvalue weighted by atomic mass is 10.1. The van der Waals surface area contributed by atoms with Crippen LogP contribution in [0, 0.1) is 6.92 Å². The van der Waals surface area contributed by atoms with Gasteiger partial charge in [0, 0.05) is 23.0 Å². The van der Waals surface area contributed by atoms with E-state index in [-0.39, 0.29) is 18.5 Å². The lowest BCUT2D eigenvalue weighted by Gasteiger charge is -2.11. The molecule has 0 saturated heterocycles. The molecule has 1 amide bonds. The number of carbonyl (C=O) groups excluding carboxylic acids is 1. The van der Waals surface area contributed by atoms with E-state index in [1.54, 1.807) is 18.2 Å². The average molecular weight is 445 g/mol. The number of nitrogens with one attached hydrogen (secondary N) is 1. The third kappa shape index (κ3) is 4.17. The fourth-order valence-corrected chi connectivity index (χ4v) is 4.20. The molecule has 2 heterocycles. The first-order valence-corrected chi connectivity index (χ1v) is 11.1. The largest absolute Gasteiger partial charge is 0.454 e. The number of thioether (sulfide) groups is 1. The number of fused-ring (bicyclic) bond motifs is 1. The predicted octanol–water partition coefficient (Wildman–Crippen LogP) is 4.70. The smallest absolute Gasteiger partial charge is 0.234 e. The lowest BCUT2D eigenvalue weighted by Crippen LogP contribution is -2.14. The molecule has 1 N–H and O–H groups in total. The van der Waals surface area contributed by atoms with Crippen LogP contribution in [0.2, 0.25) is 0 Å². The summed E-state index contributed by atoms with van der Waals surface area (Å²) in [5, 5.41) is 12.4. The van der Waals surface area contributed by atoms with Crippen LogP contribution in [0.3, 0.4) is 0 Å². The van der Waals surface area contributed by atoms with E-state index in [4.69, 9.17) is 9.47 Å². The van der Waals surface area contributed by atoms with Crippen molar-refractivity contribution >= 4 is 23.4 Å². The highest BCUT2D eigenvalue weighted by molar-refractivity contribution is 7.99. The Kier molecular flexibility index (Phi) is 5.51. The summed E-state index contributed by atoms with van der Waals surface area (Å²) in [5.74, 6) is 2.08. The molecule has 1 aliphatic rings. The van der Waals surface area contributed by atoms with E-state index in [1.807, 2.05) is 60.0 Å². The van der Waals surface area contributed by atoms with Crippen molar-refractivity contribution in [2.45, 2.75) is 12.1 Å². The monoisotopic (exact) mass is 444 g/mol. The Balaban J connectivity index is 1.37. The Morgan fingerprint density at radius 2 is 1.84 bits per heavy atom. The summed E-state index contributed by atoms with van der Waals surface area (Å²) < 4.78 is 12.7. The van der Waals surface area contributed by atoms with Crippen LogP contribution in [0.15, 0.2) is 78.0 Å². The van der Waals surface area contributed by atoms with E-state index in [0.717, 1.165) is 22.6 Å². The third-order valence-electron chi connectivity index (χ3n) is 4.91. The van der Waals surface area contributed by atoms with Gasteiger partial charge >= 0.3 is 0 Å². The zero-order valence-electron chi connectivity index (χ0n) is 17.3. The van der Waals surface area contributed by atoms with Crippen LogP contribution in [0.4, 0.5) is 5.69 Å². The van der Waals surface area contributed by atoms with Crippen molar-refractivity contribution in [2.75, 3.05) is 17.9 Å². The molecule has 0 saturated carbocycles. The molecule has 0 bridgehead atoms. The zero-order chi connectivity index (χ0) is 21.9. The molecule has 3 aromatic carbocycles. The number of rotatable bonds is 6. The van der Waals surface area contributed by atoms with Gasteiger partial charge in [0.15, 0.2) is 22.5 Å². The molecule has 32 heavy (non-hydrogen) atoms. The molecule has 4 aromatic rings. The van der Waals surface area contributed by atoms with Gasteiger partial charge in [-0.3, -0.25) is 9.36 Å². The van der Waals surface area contributed by atoms with Gasteiger partial charge in [0.1, 0.15) is 0 Å². The van der Waals surface area contributed by atoms with Gasteiger partial charge in [0.2, 0.25) is 12.7 Å². The van der Waals surface area contributed by atoms with Gasteiger partial charge in [-0.25, -0.2) is 0 Å². The molecule has 0 aliphatic carbocycles. The molecule has 5 rings (SSSR count). The van der Waals surface area contributed by atoms with Crippen molar-refractivity contribution in [3.8, 4) is 28.6 Å². The molecule has 160 valence electrons. The SMILES string of the molecule is Cc1cccc(-c2nnc(SCC(=O)Nc3ccc4c(c3)OCO4)n2-c2ccccc2)c1. The summed E-state index contributed by atoms with van der Waals surface area (Å²) in [7, 11) is 0. The number of nitrogens with zero attached hydrogens (tertiary/aromatic N) is 3. The van der Waals surface area contributed by atoms with Crippen molar-refractivity contribution in [3.05, 3.63) is 78.4 Å². The lowest BCUT2D eigenvalue weighted by molar-refractivity contribution is -0.113. The topological polar surface area (TPSA) is 78.3 Å². The van der Waals surface area contributed by atoms with E-state index in [0.29, 0.717) is 22.3 Å². The Labute approximate surface area is 189 Å². The number of hydrogen-bond acceptors (Lipinski definition) is 6. The van der Waals surface area contributed by atoms with Crippen LogP contribution in [0.25, 0.3) is 17.1 Å². The first kappa shape index (κ1) is 20.1. The van der Waals surface area contributed by atoms with Gasteiger partial charge in [0.25, 0.3) is 0 Å². The summed E-state index contributed by atoms with van der Waals surface area (Å²) in [6, 6.07) is 23.4. The zero-order valence-corrected chi connectivity index (χ0v) is 18.1. The molecular weight excluding hydrogens is 424 g/mol. The van der Waals surface area contributed by atoms with E-state index in [2.05, 4.69) is 21.6 Å². The van der Waals surface area contributed by atoms with Gasteiger partial charge in [-0.15, -0.1) is 10.2 Å². The summed E-state index contributed by atoms with van der Waals surface area (Å²) in [4.78, 5) is 12.6. The van der Waals surface area contributed by atoms with Gasteiger partial charge in [0.05, 0.1) is 5.75 Å². The van der Waals surface area contributed by atoms with Crippen LogP contribution >= 0.6 is 11.8 Å². The minimum atomic E-state index is -0.145. The third-order valence-corrected chi connectivity index (χ3v) is 5.84. The minimum absolute atomic E-state index is 0.145. The molecule has 0 fully saturated rings. The number of anilines is 1. The predicted molar refractivity (Wildman–Crippen MR) is 123 cm³/mol. The second-order valence-corrected chi connectivity index (χ2v) is 8.19. The van der Waals surface area contributed by atoms with Gasteiger partial charge in [-0.2, -0.15) is 0 Å². The number of aromatic nitrogens is 3. The summed E-state index contributed by atoms with van der Waals surface area (Å²) in [6.07, 6.45) is 0. The maximum atomic E-state index is 12.6. The molecule has 0 spiro atoms. The van der Waals surface area contributed by atoms with Crippen molar-refractivity contribution < 1.29 is 14.3 Å². The minimum Gasteiger partial charge on any atom is -0.454 e. The molecular formula is C24H20N4O3S. The number of aryl methyl sites for hydroxylation is 1. The fraction of sp³-hybridized carbons (Fsp3) is 0.125. The summed E-state index contributed by atoms with van der Waals surface area (Å²) in [6.45, 7) is 2.24. The second kappa shape index (κ2) is 8.76. The number of benzene rings is 3. The van der Waals surface area contributed by atoms with E-state index in [9.17, 15) is 4.79 Å². The van der Waals surface area contributed by atoms with Gasteiger partial charge in [-0.1, -0.05) is 53.7 Å². The van der Waals surface area contributed by atoms with Crippen molar-refractivity contribution in [1.29, 1.82) is 0 Å². The highest BCUT2D eigenvalue weighted by Gasteiger charge is 2.18. The molecule has 1 aromatic heterocycles. The molecule has 8 heteroatoms. The van der Waals surface area contributed by atoms with E-state index in [1.165, 1.54) is 11.8 Å². The van der Waals surface area contributed by atoms with Crippen molar-refractivity contribution in [2.24, 2.45) is 0 Å². The van der Waals surface area contributed by atoms with Crippen LogP contribution in [-0.2, 0) is 4.79 Å². The maximum Gasteiger partial charge on any atom is 0.234 e. The number of carbonyl (C=O) groups is 1. The Hall–Kier alpha value is -3.78. The fourth-order valence-electron chi connectivity index (χ4n) is 3.45. The second-order valence-electron chi connectivity index (χ2n) is 7.25. The van der Waals surface area contributed by atoms with E-state index >= 15 is 0 Å². The van der Waals surface area contributed by atoms with Crippen molar-refractivity contribution in [3.63, 3.8) is 0 Å². The highest BCUT2D eigenvalue weighted by atomic mass is 32.2. The number of para-hydroxylation sites is 1. The summed E-state index contributed by atoms with van der Waals surface area (Å²) in [5.41, 5.74) is 3.71. The van der Waals surface area contributed by atoms with Gasteiger partial charge < -0.3 is 14.8 Å². The van der Waals surface area contributed by atoms with Gasteiger partial charge in [-0.05, 0) is 37.3 Å². The van der Waals surface area contributed by atoms with Crippen LogP contribution in [0.1, 0.15) is 5.56 Å². The molecule has 1 aliphatic heterocycles. The molecule has 0 radical (unpaired) electrons. The van der Waals surface area contributed by atoms with Crippen molar-refractivity contribution in [1.82, 2.24) is 14.8 Å².